The second kappa shape index (κ2) is 8.93. The van der Waals surface area contributed by atoms with Crippen LogP contribution in [-0.4, -0.2) is 35.5 Å². The van der Waals surface area contributed by atoms with E-state index < -0.39 is 5.82 Å². The summed E-state index contributed by atoms with van der Waals surface area (Å²) in [7, 11) is 0. The zero-order valence-electron chi connectivity index (χ0n) is 15.2. The van der Waals surface area contributed by atoms with E-state index in [1.54, 1.807) is 0 Å². The van der Waals surface area contributed by atoms with Gasteiger partial charge in [-0.05, 0) is 51.3 Å². The predicted molar refractivity (Wildman–Crippen MR) is 106 cm³/mol. The summed E-state index contributed by atoms with van der Waals surface area (Å²) in [5, 5.41) is 6.28. The van der Waals surface area contributed by atoms with Gasteiger partial charge in [0.1, 0.15) is 11.3 Å². The second-order valence-electron chi connectivity index (χ2n) is 6.96. The van der Waals surface area contributed by atoms with E-state index in [9.17, 15) is 9.18 Å². The number of halogens is 3. The molecule has 5 nitrogen and oxygen atoms in total. The van der Waals surface area contributed by atoms with Gasteiger partial charge in [0, 0.05) is 12.6 Å². The first-order chi connectivity index (χ1) is 11.4. The quantitative estimate of drug-likeness (QED) is 0.825. The number of fused-ring (bicyclic) bond motifs is 1. The lowest BCUT2D eigenvalue weighted by molar-refractivity contribution is 0.0923. The van der Waals surface area contributed by atoms with Crippen molar-refractivity contribution < 1.29 is 9.18 Å². The molecule has 2 N–H and O–H groups in total. The molecule has 1 aliphatic heterocycles. The van der Waals surface area contributed by atoms with Crippen LogP contribution in [0.4, 0.5) is 4.39 Å². The molecule has 2 heterocycles. The third-order valence-electron chi connectivity index (χ3n) is 4.88. The minimum absolute atomic E-state index is 0. The van der Waals surface area contributed by atoms with Crippen LogP contribution in [0.1, 0.15) is 41.5 Å². The van der Waals surface area contributed by atoms with Gasteiger partial charge < -0.3 is 10.6 Å². The molecule has 0 radical (unpaired) electrons. The number of piperidine rings is 1. The van der Waals surface area contributed by atoms with Gasteiger partial charge in [0.05, 0.1) is 22.5 Å². The third kappa shape index (κ3) is 4.81. The lowest BCUT2D eigenvalue weighted by Gasteiger charge is -2.34. The van der Waals surface area contributed by atoms with E-state index in [1.807, 2.05) is 13.8 Å². The number of amides is 1. The van der Waals surface area contributed by atoms with Crippen LogP contribution in [0.2, 0.25) is 0 Å². The Hall–Kier alpha value is -1.50. The number of nitrogens with zero attached hydrogens (tertiary/aromatic N) is 2. The molecule has 0 unspecified atom stereocenters. The molecule has 0 saturated carbocycles. The molecule has 1 saturated heterocycles. The second-order valence-corrected chi connectivity index (χ2v) is 6.96. The van der Waals surface area contributed by atoms with Crippen LogP contribution < -0.4 is 10.6 Å². The van der Waals surface area contributed by atoms with Crippen LogP contribution >= 0.6 is 24.8 Å². The maximum atomic E-state index is 13.9. The Kier molecular flexibility index (Phi) is 7.74. The Labute approximate surface area is 165 Å². The Bertz CT molecular complexity index is 794. The highest BCUT2D eigenvalue weighted by atomic mass is 35.5. The van der Waals surface area contributed by atoms with Crippen LogP contribution in [0.25, 0.3) is 11.0 Å². The van der Waals surface area contributed by atoms with Crippen molar-refractivity contribution in [2.75, 3.05) is 19.6 Å². The molecular weight excluding hydrogens is 378 g/mol. The first-order valence-electron chi connectivity index (χ1n) is 8.31. The fourth-order valence-electron chi connectivity index (χ4n) is 3.07. The normalized spacial score (nSPS) is 15.7. The fraction of sp³-hybridized carbons (Fsp3) is 0.500. The van der Waals surface area contributed by atoms with Crippen LogP contribution in [0.5, 0.6) is 0 Å². The first kappa shape index (κ1) is 22.5. The van der Waals surface area contributed by atoms with Gasteiger partial charge in [-0.15, -0.1) is 24.8 Å². The van der Waals surface area contributed by atoms with E-state index in [1.165, 1.54) is 12.1 Å². The molecule has 2 aromatic rings. The molecule has 0 bridgehead atoms. The average molecular weight is 403 g/mol. The molecule has 0 aliphatic carbocycles. The standard InChI is InChI=1S/C18H23FN4O.2ClH/c1-11-12(2)23-16-14(8-13(19)9-15(16)22-11)17(24)21-10-18(3)4-6-20-7-5-18;;/h8-9,20H,4-7,10H2,1-3H3,(H,21,24);2*1H. The average Bonchev–Trinajstić information content (AvgIpc) is 2.54. The van der Waals surface area contributed by atoms with Crippen molar-refractivity contribution in [3.8, 4) is 0 Å². The van der Waals surface area contributed by atoms with Crippen LogP contribution in [0, 0.1) is 25.1 Å². The summed E-state index contributed by atoms with van der Waals surface area (Å²) in [5.41, 5.74) is 2.67. The van der Waals surface area contributed by atoms with E-state index in [0.717, 1.165) is 37.3 Å². The topological polar surface area (TPSA) is 66.9 Å². The number of carbonyl (C=O) groups excluding carboxylic acids is 1. The number of hydrogen-bond acceptors (Lipinski definition) is 4. The van der Waals surface area contributed by atoms with E-state index in [-0.39, 0.29) is 41.7 Å². The van der Waals surface area contributed by atoms with Crippen molar-refractivity contribution in [2.24, 2.45) is 5.41 Å². The zero-order valence-corrected chi connectivity index (χ0v) is 16.8. The molecule has 1 fully saturated rings. The lowest BCUT2D eigenvalue weighted by atomic mass is 9.81. The van der Waals surface area contributed by atoms with Gasteiger partial charge in [-0.3, -0.25) is 4.79 Å². The smallest absolute Gasteiger partial charge is 0.253 e. The van der Waals surface area contributed by atoms with Crippen LogP contribution in [0.15, 0.2) is 12.1 Å². The van der Waals surface area contributed by atoms with E-state index in [0.29, 0.717) is 17.6 Å². The maximum absolute atomic E-state index is 13.9. The van der Waals surface area contributed by atoms with Crippen molar-refractivity contribution >= 4 is 41.8 Å². The molecule has 3 rings (SSSR count). The number of nitrogens with one attached hydrogen (secondary N) is 2. The summed E-state index contributed by atoms with van der Waals surface area (Å²) >= 11 is 0. The van der Waals surface area contributed by atoms with Gasteiger partial charge in [-0.25, -0.2) is 14.4 Å². The molecule has 26 heavy (non-hydrogen) atoms. The molecular formula is C18H25Cl2FN4O. The number of aryl methyl sites for hydroxylation is 2. The summed E-state index contributed by atoms with van der Waals surface area (Å²) < 4.78 is 13.9. The highest BCUT2D eigenvalue weighted by molar-refractivity contribution is 6.04. The van der Waals surface area contributed by atoms with Gasteiger partial charge in [0.25, 0.3) is 5.91 Å². The summed E-state index contributed by atoms with van der Waals surface area (Å²) in [6.45, 7) is 8.32. The number of hydrogen-bond donors (Lipinski definition) is 2. The molecule has 1 aliphatic rings. The van der Waals surface area contributed by atoms with Crippen molar-refractivity contribution in [3.63, 3.8) is 0 Å². The van der Waals surface area contributed by atoms with E-state index in [2.05, 4.69) is 27.5 Å². The number of carbonyl (C=O) groups is 1. The van der Waals surface area contributed by atoms with Crippen molar-refractivity contribution in [1.82, 2.24) is 20.6 Å². The Morgan fingerprint density at radius 2 is 1.81 bits per heavy atom. The summed E-state index contributed by atoms with van der Waals surface area (Å²) in [6, 6.07) is 2.56. The minimum Gasteiger partial charge on any atom is -0.351 e. The van der Waals surface area contributed by atoms with Crippen molar-refractivity contribution in [3.05, 3.63) is 34.9 Å². The maximum Gasteiger partial charge on any atom is 0.253 e. The van der Waals surface area contributed by atoms with Crippen LogP contribution in [-0.2, 0) is 0 Å². The monoisotopic (exact) mass is 402 g/mol. The molecule has 1 amide bonds. The summed E-state index contributed by atoms with van der Waals surface area (Å²) in [4.78, 5) is 21.4. The SMILES string of the molecule is Cc1nc2cc(F)cc(C(=O)NCC3(C)CCNCC3)c2nc1C.Cl.Cl. The summed E-state index contributed by atoms with van der Waals surface area (Å²) in [5.74, 6) is -0.768. The first-order valence-corrected chi connectivity index (χ1v) is 8.31. The predicted octanol–water partition coefficient (Wildman–Crippen LogP) is 3.35. The van der Waals surface area contributed by atoms with Gasteiger partial charge >= 0.3 is 0 Å². The largest absolute Gasteiger partial charge is 0.351 e. The Morgan fingerprint density at radius 1 is 1.19 bits per heavy atom. The van der Waals surface area contributed by atoms with Crippen LogP contribution in [0.3, 0.4) is 0 Å². The van der Waals surface area contributed by atoms with Gasteiger partial charge in [-0.2, -0.15) is 0 Å². The zero-order chi connectivity index (χ0) is 17.3. The third-order valence-corrected chi connectivity index (χ3v) is 4.88. The highest BCUT2D eigenvalue weighted by Crippen LogP contribution is 2.27. The molecule has 0 atom stereocenters. The highest BCUT2D eigenvalue weighted by Gasteiger charge is 2.27. The fourth-order valence-corrected chi connectivity index (χ4v) is 3.07. The number of aromatic nitrogens is 2. The summed E-state index contributed by atoms with van der Waals surface area (Å²) in [6.07, 6.45) is 2.02. The number of rotatable bonds is 3. The lowest BCUT2D eigenvalue weighted by Crippen LogP contribution is -2.43. The molecule has 1 aromatic heterocycles. The van der Waals surface area contributed by atoms with E-state index >= 15 is 0 Å². The minimum atomic E-state index is -0.474. The van der Waals surface area contributed by atoms with Gasteiger partial charge in [-0.1, -0.05) is 6.92 Å². The Morgan fingerprint density at radius 3 is 2.46 bits per heavy atom. The van der Waals surface area contributed by atoms with E-state index in [4.69, 9.17) is 0 Å². The van der Waals surface area contributed by atoms with Gasteiger partial charge in [0.15, 0.2) is 0 Å². The van der Waals surface area contributed by atoms with Gasteiger partial charge in [0.2, 0.25) is 0 Å². The molecule has 144 valence electrons. The number of benzene rings is 1. The molecule has 1 aromatic carbocycles. The Balaban J connectivity index is 0.00000169. The van der Waals surface area contributed by atoms with Crippen molar-refractivity contribution in [1.29, 1.82) is 0 Å². The van der Waals surface area contributed by atoms with Crippen molar-refractivity contribution in [2.45, 2.75) is 33.6 Å². The molecule has 0 spiro atoms. The molecule has 8 heteroatoms.